The maximum absolute atomic E-state index is 0. The Balaban J connectivity index is 0. The van der Waals surface area contributed by atoms with Crippen molar-refractivity contribution in [3.05, 3.63) is 0 Å². The topological polar surface area (TPSA) is 0 Å². The van der Waals surface area contributed by atoms with Crippen LogP contribution < -0.4 is 0 Å². The number of hydrogen-bond acceptors (Lipinski definition) is 0. The van der Waals surface area contributed by atoms with Gasteiger partial charge in [-0.2, -0.15) is 0 Å². The zero-order chi connectivity index (χ0) is 0. The molecule has 0 nitrogen and oxygen atoms in total. The maximum atomic E-state index is 0. The third-order valence-corrected chi connectivity index (χ3v) is 0. The average Bonchev–Trinajstić information content (AvgIpc) is 0. The Hall–Kier alpha value is 0.398. The molecule has 0 rings (SSSR count). The molecule has 0 N–H and O–H groups in total. The van der Waals surface area contributed by atoms with Gasteiger partial charge in [0.1, 0.15) is 0 Å². The Bertz CT molecular complexity index is 4.14. The number of rotatable bonds is 0. The minimum absolute atomic E-state index is 0. The van der Waals surface area contributed by atoms with Crippen LogP contribution in [0, 0.1) is 0 Å². The molecule has 0 fully saturated rings. The molecule has 0 spiro atoms. The first-order valence-electron chi connectivity index (χ1n) is 0. The van der Waals surface area contributed by atoms with Crippen LogP contribution in [0.5, 0.6) is 0 Å². The molecule has 0 aliphatic heterocycles. The van der Waals surface area contributed by atoms with Crippen molar-refractivity contribution in [1.82, 2.24) is 0 Å². The quantitative estimate of drug-likeness (QED) is 0.407. The first kappa shape index (κ1) is 1910. The molecule has 0 aliphatic carbocycles. The molecule has 0 saturated heterocycles. The molecule has 7 heteroatoms. The van der Waals surface area contributed by atoms with E-state index in [0.29, 0.717) is 0 Å². The molecule has 0 radical (unpaired) electrons. The Morgan fingerprint density at radius 2 is 0.286 bits per heavy atom. The van der Waals surface area contributed by atoms with Crippen LogP contribution in [0.4, 0.5) is 28.2 Å². The van der Waals surface area contributed by atoms with E-state index in [9.17, 15) is 0 Å². The summed E-state index contributed by atoms with van der Waals surface area (Å²) in [6, 6.07) is 0. The molecule has 0 bridgehead atoms. The van der Waals surface area contributed by atoms with Gasteiger partial charge in [0, 0.05) is 0 Å². The fourth-order valence-electron chi connectivity index (χ4n) is 0. The fourth-order valence-corrected chi connectivity index (χ4v) is 0. The van der Waals surface area contributed by atoms with Crippen molar-refractivity contribution in [2.24, 2.45) is 0 Å². The van der Waals surface area contributed by atoms with Gasteiger partial charge in [-0.25, -0.2) is 0 Å². The Kier molecular flexibility index (Phi) is 321000. The summed E-state index contributed by atoms with van der Waals surface area (Å²) >= 11 is 0. The van der Waals surface area contributed by atoms with Crippen LogP contribution in [0.3, 0.4) is 0 Å². The van der Waals surface area contributed by atoms with Crippen molar-refractivity contribution in [3.63, 3.8) is 0 Å². The van der Waals surface area contributed by atoms with Gasteiger partial charge in [-0.15, -0.1) is 0 Å². The van der Waals surface area contributed by atoms with E-state index in [1.807, 2.05) is 0 Å². The number of halogens is 6. The van der Waals surface area contributed by atoms with Crippen LogP contribution in [0.25, 0.3) is 0 Å². The van der Waals surface area contributed by atoms with Gasteiger partial charge in [0.05, 0.1) is 0 Å². The van der Waals surface area contributed by atoms with Gasteiger partial charge < -0.3 is 0 Å². The van der Waals surface area contributed by atoms with Crippen molar-refractivity contribution in [2.45, 2.75) is 0 Å². The molecule has 0 saturated carbocycles. The van der Waals surface area contributed by atoms with Gasteiger partial charge in [0.15, 0.2) is 0 Å². The molecule has 0 aliphatic rings. The molecular weight excluding hydrogens is 236 g/mol. The summed E-state index contributed by atoms with van der Waals surface area (Å²) in [5, 5.41) is 0. The Morgan fingerprint density at radius 3 is 0.286 bits per heavy atom. The standard InChI is InChI=1S/6FH.Sb.3H/h6*1H;;;;. The van der Waals surface area contributed by atoms with Crippen molar-refractivity contribution >= 4 is 24.4 Å². The van der Waals surface area contributed by atoms with Crippen LogP contribution >= 0.6 is 0 Å². The molecule has 0 aromatic rings. The SMILES string of the molecule is F.F.F.F.F.F.[SbH3]. The van der Waals surface area contributed by atoms with E-state index in [0.717, 1.165) is 0 Å². The predicted octanol–water partition coefficient (Wildman–Crippen LogP) is -0.269. The second kappa shape index (κ2) is 1180. The molecule has 0 heterocycles. The summed E-state index contributed by atoms with van der Waals surface area (Å²) in [4.78, 5) is 0. The summed E-state index contributed by atoms with van der Waals surface area (Å²) in [5.41, 5.74) is 0. The Labute approximate surface area is 53.3 Å². The molecular formula is H9F6Sb. The molecule has 0 aromatic heterocycles. The first-order chi connectivity index (χ1) is 0. The first-order valence-corrected chi connectivity index (χ1v) is 0. The second-order valence-electron chi connectivity index (χ2n) is 0. The summed E-state index contributed by atoms with van der Waals surface area (Å²) in [6.07, 6.45) is 0. The van der Waals surface area contributed by atoms with Gasteiger partial charge in [-0.1, -0.05) is 0 Å². The fraction of sp³-hybridized carbons (Fsp3) is 0. The van der Waals surface area contributed by atoms with E-state index < -0.39 is 0 Å². The van der Waals surface area contributed by atoms with Gasteiger partial charge in [0.25, 0.3) is 0 Å². The van der Waals surface area contributed by atoms with Gasteiger partial charge >= 0.3 is 24.4 Å². The summed E-state index contributed by atoms with van der Waals surface area (Å²) < 4.78 is 0. The molecule has 0 atom stereocenters. The van der Waals surface area contributed by atoms with Crippen molar-refractivity contribution < 1.29 is 28.2 Å². The summed E-state index contributed by atoms with van der Waals surface area (Å²) in [6.45, 7) is 0. The van der Waals surface area contributed by atoms with Crippen LogP contribution in [-0.4, -0.2) is 24.4 Å². The van der Waals surface area contributed by atoms with Crippen molar-refractivity contribution in [3.8, 4) is 0 Å². The zero-order valence-corrected chi connectivity index (χ0v) is 7.19. The summed E-state index contributed by atoms with van der Waals surface area (Å²) in [7, 11) is 0. The zero-order valence-electron chi connectivity index (χ0n) is 3.16. The van der Waals surface area contributed by atoms with E-state index >= 15 is 0 Å². The van der Waals surface area contributed by atoms with Crippen molar-refractivity contribution in [2.75, 3.05) is 0 Å². The normalized spacial score (nSPS) is 0. The van der Waals surface area contributed by atoms with E-state index in [1.165, 1.54) is 0 Å². The third-order valence-electron chi connectivity index (χ3n) is 0. The second-order valence-corrected chi connectivity index (χ2v) is 0. The van der Waals surface area contributed by atoms with Crippen LogP contribution in [0.1, 0.15) is 0 Å². The van der Waals surface area contributed by atoms with Gasteiger partial charge in [-0.3, -0.25) is 28.2 Å². The van der Waals surface area contributed by atoms with Crippen LogP contribution in [0.15, 0.2) is 0 Å². The molecule has 0 aromatic carbocycles. The van der Waals surface area contributed by atoms with Crippen LogP contribution in [-0.2, 0) is 0 Å². The van der Waals surface area contributed by atoms with E-state index in [-0.39, 0.29) is 52.7 Å². The monoisotopic (exact) mass is 244 g/mol. The van der Waals surface area contributed by atoms with Crippen LogP contribution in [0.2, 0.25) is 0 Å². The minimum atomic E-state index is 0. The molecule has 0 unspecified atom stereocenters. The van der Waals surface area contributed by atoms with Gasteiger partial charge in [-0.05, 0) is 0 Å². The van der Waals surface area contributed by atoms with E-state index in [2.05, 4.69) is 0 Å². The summed E-state index contributed by atoms with van der Waals surface area (Å²) in [5.74, 6) is 0. The average molecular weight is 245 g/mol. The molecule has 0 amide bonds. The molecule has 7 heavy (non-hydrogen) atoms. The third kappa shape index (κ3) is 781. The van der Waals surface area contributed by atoms with E-state index in [4.69, 9.17) is 0 Å². The van der Waals surface area contributed by atoms with E-state index in [1.54, 1.807) is 0 Å². The van der Waals surface area contributed by atoms with Gasteiger partial charge in [0.2, 0.25) is 0 Å². The number of hydrogen-bond donors (Lipinski definition) is 0. The Morgan fingerprint density at radius 1 is 0.286 bits per heavy atom. The molecule has 56 valence electrons. The van der Waals surface area contributed by atoms with Crippen molar-refractivity contribution in [1.29, 1.82) is 0 Å². The predicted molar refractivity (Wildman–Crippen MR) is 25.0 cm³/mol.